The van der Waals surface area contributed by atoms with Gasteiger partial charge < -0.3 is 15.1 Å². The van der Waals surface area contributed by atoms with Crippen LogP contribution in [0.1, 0.15) is 31.4 Å². The van der Waals surface area contributed by atoms with Gasteiger partial charge in [0.15, 0.2) is 0 Å². The summed E-state index contributed by atoms with van der Waals surface area (Å²) in [5, 5.41) is 3.47. The number of hydrogen-bond donors (Lipinski definition) is 1. The lowest BCUT2D eigenvalue weighted by Crippen LogP contribution is -2.45. The molecule has 1 saturated carbocycles. The van der Waals surface area contributed by atoms with Crippen molar-refractivity contribution in [3.8, 4) is 0 Å². The van der Waals surface area contributed by atoms with Gasteiger partial charge in [0.05, 0.1) is 18.1 Å². The Morgan fingerprint density at radius 1 is 1.25 bits per heavy atom. The van der Waals surface area contributed by atoms with Crippen LogP contribution in [-0.2, 0) is 6.54 Å². The van der Waals surface area contributed by atoms with E-state index in [9.17, 15) is 0 Å². The number of likely N-dealkylation sites (N-methyl/N-ethyl adjacent to an activating group) is 1. The Labute approximate surface area is 121 Å². The first-order chi connectivity index (χ1) is 9.72. The smallest absolute Gasteiger partial charge is 0.147 e. The standard InChI is InChI=1S/C15H25N5/c1-19(2)14-4-3-7-20(11-14)15-10-17-13(9-18-15)8-16-12-5-6-12/h9-10,12,14,16H,3-8,11H2,1-2H3. The fourth-order valence-electron chi connectivity index (χ4n) is 2.72. The fraction of sp³-hybridized carbons (Fsp3) is 0.733. The first-order valence-corrected chi connectivity index (χ1v) is 7.68. The number of hydrogen-bond acceptors (Lipinski definition) is 5. The molecule has 1 N–H and O–H groups in total. The fourth-order valence-corrected chi connectivity index (χ4v) is 2.72. The molecule has 1 aliphatic carbocycles. The van der Waals surface area contributed by atoms with Crippen LogP contribution in [0.5, 0.6) is 0 Å². The molecule has 1 saturated heterocycles. The molecule has 0 amide bonds. The quantitative estimate of drug-likeness (QED) is 0.876. The number of anilines is 1. The van der Waals surface area contributed by atoms with Gasteiger partial charge in [0.1, 0.15) is 5.82 Å². The van der Waals surface area contributed by atoms with Crippen molar-refractivity contribution < 1.29 is 0 Å². The van der Waals surface area contributed by atoms with Gasteiger partial charge in [0, 0.05) is 31.7 Å². The van der Waals surface area contributed by atoms with Crippen molar-refractivity contribution in [1.29, 1.82) is 0 Å². The summed E-state index contributed by atoms with van der Waals surface area (Å²) in [4.78, 5) is 13.8. The van der Waals surface area contributed by atoms with Gasteiger partial charge in [0.25, 0.3) is 0 Å². The molecule has 2 fully saturated rings. The molecular formula is C15H25N5. The molecule has 5 nitrogen and oxygen atoms in total. The van der Waals surface area contributed by atoms with E-state index in [1.54, 1.807) is 0 Å². The van der Waals surface area contributed by atoms with Gasteiger partial charge in [-0.2, -0.15) is 0 Å². The van der Waals surface area contributed by atoms with E-state index in [1.165, 1.54) is 25.7 Å². The summed E-state index contributed by atoms with van der Waals surface area (Å²) in [5.41, 5.74) is 1.04. The second kappa shape index (κ2) is 6.06. The van der Waals surface area contributed by atoms with Crippen LogP contribution >= 0.6 is 0 Å². The Morgan fingerprint density at radius 3 is 2.75 bits per heavy atom. The molecule has 2 heterocycles. The first-order valence-electron chi connectivity index (χ1n) is 7.68. The predicted molar refractivity (Wildman–Crippen MR) is 80.8 cm³/mol. The molecule has 0 aromatic carbocycles. The summed E-state index contributed by atoms with van der Waals surface area (Å²) in [6, 6.07) is 1.35. The Kier molecular flexibility index (Phi) is 4.17. The second-order valence-corrected chi connectivity index (χ2v) is 6.23. The first kappa shape index (κ1) is 13.8. The van der Waals surface area contributed by atoms with E-state index in [4.69, 9.17) is 0 Å². The average molecular weight is 275 g/mol. The summed E-state index contributed by atoms with van der Waals surface area (Å²) in [7, 11) is 4.32. The van der Waals surface area contributed by atoms with E-state index in [0.29, 0.717) is 6.04 Å². The zero-order valence-corrected chi connectivity index (χ0v) is 12.5. The van der Waals surface area contributed by atoms with Gasteiger partial charge in [-0.25, -0.2) is 4.98 Å². The van der Waals surface area contributed by atoms with E-state index in [0.717, 1.165) is 37.2 Å². The monoisotopic (exact) mass is 275 g/mol. The van der Waals surface area contributed by atoms with Crippen molar-refractivity contribution in [2.24, 2.45) is 0 Å². The molecule has 5 heteroatoms. The van der Waals surface area contributed by atoms with Gasteiger partial charge in [-0.1, -0.05) is 0 Å². The van der Waals surface area contributed by atoms with E-state index in [2.05, 4.69) is 39.2 Å². The Bertz CT molecular complexity index is 426. The molecule has 1 aliphatic heterocycles. The molecule has 1 atom stereocenters. The predicted octanol–water partition coefficient (Wildman–Crippen LogP) is 1.26. The molecule has 0 radical (unpaired) electrons. The van der Waals surface area contributed by atoms with Crippen LogP contribution in [-0.4, -0.2) is 54.1 Å². The molecule has 20 heavy (non-hydrogen) atoms. The van der Waals surface area contributed by atoms with Crippen LogP contribution in [0.2, 0.25) is 0 Å². The van der Waals surface area contributed by atoms with Crippen molar-refractivity contribution in [2.75, 3.05) is 32.1 Å². The minimum Gasteiger partial charge on any atom is -0.354 e. The zero-order valence-electron chi connectivity index (χ0n) is 12.5. The van der Waals surface area contributed by atoms with Gasteiger partial charge in [-0.05, 0) is 39.8 Å². The number of nitrogens with one attached hydrogen (secondary N) is 1. The van der Waals surface area contributed by atoms with Crippen molar-refractivity contribution in [1.82, 2.24) is 20.2 Å². The number of piperidine rings is 1. The van der Waals surface area contributed by atoms with E-state index >= 15 is 0 Å². The maximum Gasteiger partial charge on any atom is 0.147 e. The average Bonchev–Trinajstić information content (AvgIpc) is 3.30. The maximum absolute atomic E-state index is 4.60. The largest absolute Gasteiger partial charge is 0.354 e. The maximum atomic E-state index is 4.60. The molecule has 1 aromatic rings. The molecule has 0 bridgehead atoms. The van der Waals surface area contributed by atoms with Crippen molar-refractivity contribution in [3.63, 3.8) is 0 Å². The summed E-state index contributed by atoms with van der Waals surface area (Å²) in [5.74, 6) is 1.02. The minimum atomic E-state index is 0.627. The van der Waals surface area contributed by atoms with Crippen molar-refractivity contribution >= 4 is 5.82 Å². The van der Waals surface area contributed by atoms with Gasteiger partial charge in [0.2, 0.25) is 0 Å². The van der Waals surface area contributed by atoms with Gasteiger partial charge >= 0.3 is 0 Å². The number of rotatable bonds is 5. The molecule has 2 aliphatic rings. The number of aromatic nitrogens is 2. The third kappa shape index (κ3) is 3.46. The SMILES string of the molecule is CN(C)C1CCCN(c2cnc(CNC3CC3)cn2)C1. The van der Waals surface area contributed by atoms with Crippen LogP contribution in [0.3, 0.4) is 0 Å². The lowest BCUT2D eigenvalue weighted by molar-refractivity contribution is 0.257. The highest BCUT2D eigenvalue weighted by Crippen LogP contribution is 2.20. The zero-order chi connectivity index (χ0) is 13.9. The highest BCUT2D eigenvalue weighted by Gasteiger charge is 2.23. The van der Waals surface area contributed by atoms with E-state index in [1.807, 2.05) is 12.4 Å². The molecule has 110 valence electrons. The second-order valence-electron chi connectivity index (χ2n) is 6.23. The number of nitrogens with zero attached hydrogens (tertiary/aromatic N) is 4. The Balaban J connectivity index is 1.58. The van der Waals surface area contributed by atoms with E-state index in [-0.39, 0.29) is 0 Å². The van der Waals surface area contributed by atoms with E-state index < -0.39 is 0 Å². The van der Waals surface area contributed by atoms with Gasteiger partial charge in [-0.15, -0.1) is 0 Å². The normalized spacial score (nSPS) is 23.4. The topological polar surface area (TPSA) is 44.3 Å². The third-order valence-electron chi connectivity index (χ3n) is 4.29. The minimum absolute atomic E-state index is 0.627. The molecular weight excluding hydrogens is 250 g/mol. The molecule has 1 unspecified atom stereocenters. The van der Waals surface area contributed by atoms with Crippen LogP contribution in [0.4, 0.5) is 5.82 Å². The lowest BCUT2D eigenvalue weighted by Gasteiger charge is -2.36. The van der Waals surface area contributed by atoms with Crippen LogP contribution in [0.25, 0.3) is 0 Å². The summed E-state index contributed by atoms with van der Waals surface area (Å²) in [6.07, 6.45) is 8.98. The Morgan fingerprint density at radius 2 is 2.10 bits per heavy atom. The molecule has 1 aromatic heterocycles. The van der Waals surface area contributed by atoms with Crippen LogP contribution in [0.15, 0.2) is 12.4 Å². The summed E-state index contributed by atoms with van der Waals surface area (Å²) >= 11 is 0. The van der Waals surface area contributed by atoms with Crippen LogP contribution in [0, 0.1) is 0 Å². The molecule has 0 spiro atoms. The van der Waals surface area contributed by atoms with Gasteiger partial charge in [-0.3, -0.25) is 4.98 Å². The molecule has 3 rings (SSSR count). The Hall–Kier alpha value is -1.20. The van der Waals surface area contributed by atoms with Crippen molar-refractivity contribution in [2.45, 2.75) is 44.3 Å². The highest BCUT2D eigenvalue weighted by atomic mass is 15.2. The third-order valence-corrected chi connectivity index (χ3v) is 4.29. The van der Waals surface area contributed by atoms with Crippen molar-refractivity contribution in [3.05, 3.63) is 18.1 Å². The highest BCUT2D eigenvalue weighted by molar-refractivity contribution is 5.36. The lowest BCUT2D eigenvalue weighted by atomic mass is 10.1. The van der Waals surface area contributed by atoms with Crippen LogP contribution < -0.4 is 10.2 Å². The summed E-state index contributed by atoms with van der Waals surface area (Å²) in [6.45, 7) is 3.00. The summed E-state index contributed by atoms with van der Waals surface area (Å²) < 4.78 is 0.